The third kappa shape index (κ3) is 3.79. The molecule has 5 heteroatoms. The van der Waals surface area contributed by atoms with E-state index in [0.29, 0.717) is 24.3 Å². The second-order valence-electron chi connectivity index (χ2n) is 3.41. The Bertz CT molecular complexity index is 392. The van der Waals surface area contributed by atoms with Crippen LogP contribution in [0.3, 0.4) is 0 Å². The van der Waals surface area contributed by atoms with Gasteiger partial charge in [-0.15, -0.1) is 0 Å². The van der Waals surface area contributed by atoms with E-state index < -0.39 is 12.0 Å². The van der Waals surface area contributed by atoms with E-state index in [1.54, 1.807) is 24.3 Å². The van der Waals surface area contributed by atoms with Crippen molar-refractivity contribution < 1.29 is 19.4 Å². The van der Waals surface area contributed by atoms with Crippen molar-refractivity contribution in [3.05, 3.63) is 29.8 Å². The van der Waals surface area contributed by atoms with E-state index in [1.807, 2.05) is 6.92 Å². The Balaban J connectivity index is 2.98. The van der Waals surface area contributed by atoms with Crippen LogP contribution >= 0.6 is 0 Å². The molecule has 0 aliphatic rings. The van der Waals surface area contributed by atoms with Gasteiger partial charge in [0.15, 0.2) is 0 Å². The summed E-state index contributed by atoms with van der Waals surface area (Å²) in [6, 6.07) is 6.49. The maximum Gasteiger partial charge on any atom is 0.305 e. The predicted octanol–water partition coefficient (Wildman–Crippen LogP) is 1.35. The van der Waals surface area contributed by atoms with E-state index in [9.17, 15) is 9.59 Å². The summed E-state index contributed by atoms with van der Waals surface area (Å²) in [6.45, 7) is 2.33. The molecule has 1 atom stereocenters. The number of carbonyl (C=O) groups is 2. The fourth-order valence-electron chi connectivity index (χ4n) is 1.57. The molecule has 0 heterocycles. The average Bonchev–Trinajstić information content (AvgIpc) is 2.29. The number of carbonyl (C=O) groups excluding carboxylic acids is 1. The van der Waals surface area contributed by atoms with Gasteiger partial charge in [-0.3, -0.25) is 9.59 Å². The molecule has 17 heavy (non-hydrogen) atoms. The van der Waals surface area contributed by atoms with Crippen molar-refractivity contribution in [1.29, 1.82) is 0 Å². The van der Waals surface area contributed by atoms with Gasteiger partial charge in [0.1, 0.15) is 5.75 Å². The highest BCUT2D eigenvalue weighted by atomic mass is 16.5. The van der Waals surface area contributed by atoms with Crippen molar-refractivity contribution in [2.45, 2.75) is 19.4 Å². The molecule has 1 aromatic rings. The molecule has 5 nitrogen and oxygen atoms in total. The highest BCUT2D eigenvalue weighted by molar-refractivity contribution is 5.69. The summed E-state index contributed by atoms with van der Waals surface area (Å²) in [5.74, 6) is -0.383. The van der Waals surface area contributed by atoms with Gasteiger partial charge in [-0.25, -0.2) is 0 Å². The van der Waals surface area contributed by atoms with Crippen LogP contribution in [0, 0.1) is 0 Å². The van der Waals surface area contributed by atoms with Crippen LogP contribution in [0.25, 0.3) is 0 Å². The first-order valence-electron chi connectivity index (χ1n) is 5.32. The number of carboxylic acids is 1. The lowest BCUT2D eigenvalue weighted by Crippen LogP contribution is -2.23. The summed E-state index contributed by atoms with van der Waals surface area (Å²) >= 11 is 0. The molecule has 0 saturated carbocycles. The van der Waals surface area contributed by atoms with Gasteiger partial charge in [0.05, 0.1) is 19.1 Å². The summed E-state index contributed by atoms with van der Waals surface area (Å²) < 4.78 is 5.40. The van der Waals surface area contributed by atoms with E-state index in [4.69, 9.17) is 9.84 Å². The zero-order valence-corrected chi connectivity index (χ0v) is 9.55. The summed E-state index contributed by atoms with van der Waals surface area (Å²) in [5, 5.41) is 11.3. The fourth-order valence-corrected chi connectivity index (χ4v) is 1.57. The van der Waals surface area contributed by atoms with E-state index in [2.05, 4.69) is 5.32 Å². The number of amides is 1. The molecular formula is C12H15NO4. The second-order valence-corrected chi connectivity index (χ2v) is 3.41. The topological polar surface area (TPSA) is 75.6 Å². The average molecular weight is 237 g/mol. The number of carboxylic acid groups (broad SMARTS) is 1. The normalized spacial score (nSPS) is 11.6. The second kappa shape index (κ2) is 6.52. The standard InChI is InChI=1S/C12H15NO4/c1-2-17-11-6-4-3-5-9(11)10(13-8-14)7-12(15)16/h3-6,8,10H,2,7H2,1H3,(H,13,14)(H,15,16). The quantitative estimate of drug-likeness (QED) is 0.702. The highest BCUT2D eigenvalue weighted by Gasteiger charge is 2.18. The molecule has 0 aromatic heterocycles. The Morgan fingerprint density at radius 2 is 2.24 bits per heavy atom. The van der Waals surface area contributed by atoms with Crippen molar-refractivity contribution in [2.24, 2.45) is 0 Å². The molecule has 1 unspecified atom stereocenters. The van der Waals surface area contributed by atoms with Crippen molar-refractivity contribution in [3.63, 3.8) is 0 Å². The van der Waals surface area contributed by atoms with Gasteiger partial charge < -0.3 is 15.2 Å². The summed E-state index contributed by atoms with van der Waals surface area (Å²) in [7, 11) is 0. The summed E-state index contributed by atoms with van der Waals surface area (Å²) in [4.78, 5) is 21.2. The molecule has 0 saturated heterocycles. The van der Waals surface area contributed by atoms with Gasteiger partial charge in [-0.2, -0.15) is 0 Å². The smallest absolute Gasteiger partial charge is 0.305 e. The number of benzene rings is 1. The molecule has 1 rings (SSSR count). The summed E-state index contributed by atoms with van der Waals surface area (Å²) in [5.41, 5.74) is 0.670. The number of nitrogens with one attached hydrogen (secondary N) is 1. The first kappa shape index (κ1) is 13.0. The van der Waals surface area contributed by atoms with Gasteiger partial charge in [-0.1, -0.05) is 18.2 Å². The Morgan fingerprint density at radius 1 is 1.53 bits per heavy atom. The number of hydrogen-bond acceptors (Lipinski definition) is 3. The van der Waals surface area contributed by atoms with Crippen LogP contribution in [-0.4, -0.2) is 24.1 Å². The fraction of sp³-hybridized carbons (Fsp3) is 0.333. The van der Waals surface area contributed by atoms with Gasteiger partial charge in [0.25, 0.3) is 0 Å². The minimum atomic E-state index is -0.976. The Hall–Kier alpha value is -2.04. The zero-order chi connectivity index (χ0) is 12.7. The highest BCUT2D eigenvalue weighted by Crippen LogP contribution is 2.26. The van der Waals surface area contributed by atoms with Gasteiger partial charge in [-0.05, 0) is 13.0 Å². The third-order valence-corrected chi connectivity index (χ3v) is 2.24. The molecule has 0 spiro atoms. The number of para-hydroxylation sites is 1. The maximum absolute atomic E-state index is 10.7. The van der Waals surface area contributed by atoms with Crippen LogP contribution in [0.4, 0.5) is 0 Å². The van der Waals surface area contributed by atoms with Gasteiger partial charge >= 0.3 is 5.97 Å². The molecule has 2 N–H and O–H groups in total. The molecule has 0 radical (unpaired) electrons. The number of ether oxygens (including phenoxy) is 1. The number of hydrogen-bond donors (Lipinski definition) is 2. The van der Waals surface area contributed by atoms with Crippen molar-refractivity contribution >= 4 is 12.4 Å². The van der Waals surface area contributed by atoms with Crippen LogP contribution in [0.2, 0.25) is 0 Å². The molecular weight excluding hydrogens is 222 g/mol. The van der Waals surface area contributed by atoms with Crippen LogP contribution in [-0.2, 0) is 9.59 Å². The van der Waals surface area contributed by atoms with Crippen LogP contribution in [0.5, 0.6) is 5.75 Å². The van der Waals surface area contributed by atoms with Gasteiger partial charge in [0.2, 0.25) is 6.41 Å². The SMILES string of the molecule is CCOc1ccccc1C(CC(=O)O)NC=O. The molecule has 1 aromatic carbocycles. The molecule has 0 aliphatic carbocycles. The maximum atomic E-state index is 10.7. The lowest BCUT2D eigenvalue weighted by atomic mass is 10.0. The number of aliphatic carboxylic acids is 1. The molecule has 1 amide bonds. The first-order chi connectivity index (χ1) is 8.19. The zero-order valence-electron chi connectivity index (χ0n) is 9.55. The van der Waals surface area contributed by atoms with E-state index in [0.717, 1.165) is 0 Å². The predicted molar refractivity (Wildman–Crippen MR) is 61.8 cm³/mol. The van der Waals surface area contributed by atoms with E-state index in [1.165, 1.54) is 0 Å². The lowest BCUT2D eigenvalue weighted by Gasteiger charge is -2.18. The minimum absolute atomic E-state index is 0.178. The minimum Gasteiger partial charge on any atom is -0.494 e. The monoisotopic (exact) mass is 237 g/mol. The van der Waals surface area contributed by atoms with Crippen LogP contribution < -0.4 is 10.1 Å². The van der Waals surface area contributed by atoms with E-state index >= 15 is 0 Å². The molecule has 0 aliphatic heterocycles. The van der Waals surface area contributed by atoms with Crippen molar-refractivity contribution in [2.75, 3.05) is 6.61 Å². The first-order valence-corrected chi connectivity index (χ1v) is 5.32. The van der Waals surface area contributed by atoms with Crippen LogP contribution in [0.15, 0.2) is 24.3 Å². The largest absolute Gasteiger partial charge is 0.494 e. The molecule has 92 valence electrons. The van der Waals surface area contributed by atoms with Gasteiger partial charge in [0, 0.05) is 5.56 Å². The Kier molecular flexibility index (Phi) is 5.00. The Morgan fingerprint density at radius 3 is 2.82 bits per heavy atom. The number of rotatable bonds is 7. The lowest BCUT2D eigenvalue weighted by molar-refractivity contribution is -0.137. The Labute approximate surface area is 99.4 Å². The molecule has 0 bridgehead atoms. The third-order valence-electron chi connectivity index (χ3n) is 2.24. The van der Waals surface area contributed by atoms with E-state index in [-0.39, 0.29) is 6.42 Å². The molecule has 0 fully saturated rings. The van der Waals surface area contributed by atoms with Crippen molar-refractivity contribution in [3.8, 4) is 5.75 Å². The summed E-state index contributed by atoms with van der Waals surface area (Å²) in [6.07, 6.45) is 0.319. The van der Waals surface area contributed by atoms with Crippen LogP contribution in [0.1, 0.15) is 24.9 Å². The van der Waals surface area contributed by atoms with Crippen molar-refractivity contribution in [1.82, 2.24) is 5.32 Å².